The van der Waals surface area contributed by atoms with Gasteiger partial charge in [-0.25, -0.2) is 4.98 Å². The van der Waals surface area contributed by atoms with E-state index in [4.69, 9.17) is 15.5 Å². The molecule has 1 atom stereocenters. The van der Waals surface area contributed by atoms with Crippen LogP contribution < -0.4 is 10.5 Å². The van der Waals surface area contributed by atoms with Crippen LogP contribution in [0, 0.1) is 0 Å². The standard InChI is InChI=1S/C15H17N3OS/c1-3-18-12-7-6-10(19-2)9-11(12)17-15(18)14(16)13-5-4-8-20-13/h4-9,14H,3,16H2,1-2H3. The average Bonchev–Trinajstić information content (AvgIpc) is 3.12. The Morgan fingerprint density at radius 1 is 1.40 bits per heavy atom. The molecule has 0 aliphatic heterocycles. The fraction of sp³-hybridized carbons (Fsp3) is 0.267. The summed E-state index contributed by atoms with van der Waals surface area (Å²) in [5.41, 5.74) is 8.38. The van der Waals surface area contributed by atoms with Gasteiger partial charge >= 0.3 is 0 Å². The fourth-order valence-corrected chi connectivity index (χ4v) is 3.14. The van der Waals surface area contributed by atoms with Gasteiger partial charge in [0.15, 0.2) is 0 Å². The van der Waals surface area contributed by atoms with Crippen LogP contribution in [0.15, 0.2) is 35.7 Å². The minimum atomic E-state index is -0.187. The van der Waals surface area contributed by atoms with Crippen LogP contribution in [0.25, 0.3) is 11.0 Å². The van der Waals surface area contributed by atoms with Crippen molar-refractivity contribution in [3.05, 3.63) is 46.4 Å². The van der Waals surface area contributed by atoms with E-state index in [9.17, 15) is 0 Å². The summed E-state index contributed by atoms with van der Waals surface area (Å²) in [5.74, 6) is 1.72. The van der Waals surface area contributed by atoms with Gasteiger partial charge in [-0.1, -0.05) is 6.07 Å². The third kappa shape index (κ3) is 2.09. The van der Waals surface area contributed by atoms with E-state index in [1.165, 1.54) is 0 Å². The number of aromatic nitrogens is 2. The third-order valence-electron chi connectivity index (χ3n) is 3.43. The SMILES string of the molecule is CCn1c(C(N)c2cccs2)nc2cc(OC)ccc21. The highest BCUT2D eigenvalue weighted by atomic mass is 32.1. The second-order valence-corrected chi connectivity index (χ2v) is 5.54. The van der Waals surface area contributed by atoms with Gasteiger partial charge in [-0.05, 0) is 30.5 Å². The van der Waals surface area contributed by atoms with Crippen molar-refractivity contribution in [3.63, 3.8) is 0 Å². The molecule has 2 heterocycles. The normalized spacial score (nSPS) is 12.8. The number of hydrogen-bond donors (Lipinski definition) is 1. The smallest absolute Gasteiger partial charge is 0.132 e. The molecule has 0 radical (unpaired) electrons. The Balaban J connectivity index is 2.15. The Labute approximate surface area is 121 Å². The zero-order valence-corrected chi connectivity index (χ0v) is 12.4. The van der Waals surface area contributed by atoms with E-state index in [-0.39, 0.29) is 6.04 Å². The van der Waals surface area contributed by atoms with Crippen LogP contribution >= 0.6 is 11.3 Å². The largest absolute Gasteiger partial charge is 0.497 e. The van der Waals surface area contributed by atoms with E-state index in [2.05, 4.69) is 17.6 Å². The molecule has 0 aliphatic rings. The summed E-state index contributed by atoms with van der Waals surface area (Å²) < 4.78 is 7.43. The molecule has 0 amide bonds. The summed E-state index contributed by atoms with van der Waals surface area (Å²) in [6.07, 6.45) is 0. The zero-order valence-electron chi connectivity index (χ0n) is 11.5. The van der Waals surface area contributed by atoms with Crippen LogP contribution in [0.2, 0.25) is 0 Å². The molecule has 0 saturated carbocycles. The van der Waals surface area contributed by atoms with Crippen molar-refractivity contribution >= 4 is 22.4 Å². The first-order valence-electron chi connectivity index (χ1n) is 6.57. The van der Waals surface area contributed by atoms with Gasteiger partial charge < -0.3 is 15.0 Å². The van der Waals surface area contributed by atoms with Gasteiger partial charge in [0.2, 0.25) is 0 Å². The number of rotatable bonds is 4. The molecule has 104 valence electrons. The topological polar surface area (TPSA) is 53.1 Å². The zero-order chi connectivity index (χ0) is 14.1. The summed E-state index contributed by atoms with van der Waals surface area (Å²) in [7, 11) is 1.66. The van der Waals surface area contributed by atoms with Crippen LogP contribution in [-0.2, 0) is 6.54 Å². The lowest BCUT2D eigenvalue weighted by Gasteiger charge is -2.11. The summed E-state index contributed by atoms with van der Waals surface area (Å²) in [5, 5.41) is 2.04. The van der Waals surface area contributed by atoms with Gasteiger partial charge in [0.05, 0.1) is 24.2 Å². The summed E-state index contributed by atoms with van der Waals surface area (Å²) in [6.45, 7) is 2.95. The van der Waals surface area contributed by atoms with Gasteiger partial charge in [0, 0.05) is 17.5 Å². The first-order chi connectivity index (χ1) is 9.74. The molecular weight excluding hydrogens is 270 g/mol. The van der Waals surface area contributed by atoms with Crippen molar-refractivity contribution < 1.29 is 4.74 Å². The predicted molar refractivity (Wildman–Crippen MR) is 82.3 cm³/mol. The molecule has 1 unspecified atom stereocenters. The lowest BCUT2D eigenvalue weighted by molar-refractivity contribution is 0.415. The molecule has 4 nitrogen and oxygen atoms in total. The molecule has 20 heavy (non-hydrogen) atoms. The number of methoxy groups -OCH3 is 1. The van der Waals surface area contributed by atoms with Crippen molar-refractivity contribution in [1.29, 1.82) is 0 Å². The van der Waals surface area contributed by atoms with Gasteiger partial charge in [-0.15, -0.1) is 11.3 Å². The lowest BCUT2D eigenvalue weighted by atomic mass is 10.2. The predicted octanol–water partition coefficient (Wildman–Crippen LogP) is 3.17. The van der Waals surface area contributed by atoms with Crippen LogP contribution in [0.1, 0.15) is 23.7 Å². The number of ether oxygens (including phenoxy) is 1. The minimum Gasteiger partial charge on any atom is -0.497 e. The Kier molecular flexibility index (Phi) is 3.46. The highest BCUT2D eigenvalue weighted by Crippen LogP contribution is 2.28. The first-order valence-corrected chi connectivity index (χ1v) is 7.45. The van der Waals surface area contributed by atoms with Crippen LogP contribution in [0.4, 0.5) is 0 Å². The molecule has 5 heteroatoms. The van der Waals surface area contributed by atoms with Crippen LogP contribution in [0.5, 0.6) is 5.75 Å². The minimum absolute atomic E-state index is 0.187. The molecule has 3 rings (SSSR count). The molecule has 0 spiro atoms. The number of benzene rings is 1. The van der Waals surface area contributed by atoms with Crippen molar-refractivity contribution in [3.8, 4) is 5.75 Å². The number of nitrogens with zero attached hydrogens (tertiary/aromatic N) is 2. The molecule has 2 aromatic heterocycles. The molecule has 0 saturated heterocycles. The van der Waals surface area contributed by atoms with Crippen molar-refractivity contribution in [1.82, 2.24) is 9.55 Å². The maximum absolute atomic E-state index is 6.37. The third-order valence-corrected chi connectivity index (χ3v) is 4.38. The maximum atomic E-state index is 6.37. The Morgan fingerprint density at radius 2 is 2.25 bits per heavy atom. The van der Waals surface area contributed by atoms with Crippen LogP contribution in [0.3, 0.4) is 0 Å². The second-order valence-electron chi connectivity index (χ2n) is 4.56. The van der Waals surface area contributed by atoms with E-state index in [0.717, 1.165) is 34.0 Å². The highest BCUT2D eigenvalue weighted by molar-refractivity contribution is 7.10. The fourth-order valence-electron chi connectivity index (χ4n) is 2.42. The lowest BCUT2D eigenvalue weighted by Crippen LogP contribution is -2.16. The average molecular weight is 287 g/mol. The van der Waals surface area contributed by atoms with Gasteiger partial charge in [0.1, 0.15) is 11.6 Å². The van der Waals surface area contributed by atoms with E-state index >= 15 is 0 Å². The molecule has 2 N–H and O–H groups in total. The number of aryl methyl sites for hydroxylation is 1. The summed E-state index contributed by atoms with van der Waals surface area (Å²) >= 11 is 1.66. The monoisotopic (exact) mass is 287 g/mol. The highest BCUT2D eigenvalue weighted by Gasteiger charge is 2.18. The Hall–Kier alpha value is -1.85. The van der Waals surface area contributed by atoms with E-state index in [1.807, 2.05) is 29.6 Å². The van der Waals surface area contributed by atoms with Crippen LogP contribution in [-0.4, -0.2) is 16.7 Å². The van der Waals surface area contributed by atoms with Crippen molar-refractivity contribution in [2.45, 2.75) is 19.5 Å². The number of nitrogens with two attached hydrogens (primary N) is 1. The summed E-state index contributed by atoms with van der Waals surface area (Å²) in [4.78, 5) is 5.84. The van der Waals surface area contributed by atoms with E-state index in [1.54, 1.807) is 18.4 Å². The van der Waals surface area contributed by atoms with Crippen molar-refractivity contribution in [2.75, 3.05) is 7.11 Å². The Morgan fingerprint density at radius 3 is 2.90 bits per heavy atom. The van der Waals surface area contributed by atoms with Gasteiger partial charge in [-0.2, -0.15) is 0 Å². The first kappa shape index (κ1) is 13.1. The maximum Gasteiger partial charge on any atom is 0.132 e. The van der Waals surface area contributed by atoms with Crippen molar-refractivity contribution in [2.24, 2.45) is 5.73 Å². The molecule has 1 aromatic carbocycles. The molecular formula is C15H17N3OS. The number of imidazole rings is 1. The molecule has 0 aliphatic carbocycles. The number of fused-ring (bicyclic) bond motifs is 1. The molecule has 3 aromatic rings. The number of hydrogen-bond acceptors (Lipinski definition) is 4. The van der Waals surface area contributed by atoms with E-state index < -0.39 is 0 Å². The second kappa shape index (κ2) is 5.26. The van der Waals surface area contributed by atoms with Gasteiger partial charge in [0.25, 0.3) is 0 Å². The van der Waals surface area contributed by atoms with Gasteiger partial charge in [-0.3, -0.25) is 0 Å². The van der Waals surface area contributed by atoms with E-state index in [0.29, 0.717) is 0 Å². The number of thiophene rings is 1. The quantitative estimate of drug-likeness (QED) is 0.802. The Bertz CT molecular complexity index is 718. The molecule has 0 fully saturated rings. The molecule has 0 bridgehead atoms. The summed E-state index contributed by atoms with van der Waals surface area (Å²) in [6, 6.07) is 9.82.